The second-order valence-electron chi connectivity index (χ2n) is 6.45. The van der Waals surface area contributed by atoms with Crippen LogP contribution in [0.3, 0.4) is 0 Å². The van der Waals surface area contributed by atoms with E-state index in [1.807, 2.05) is 13.8 Å². The quantitative estimate of drug-likeness (QED) is 0.838. The topological polar surface area (TPSA) is 105 Å². The van der Waals surface area contributed by atoms with E-state index in [4.69, 9.17) is 0 Å². The van der Waals surface area contributed by atoms with Crippen LogP contribution in [0.4, 0.5) is 17.1 Å². The molecule has 2 heterocycles. The zero-order chi connectivity index (χ0) is 19.4. The van der Waals surface area contributed by atoms with Gasteiger partial charge in [0.2, 0.25) is 0 Å². The average Bonchev–Trinajstić information content (AvgIpc) is 3.02. The highest BCUT2D eigenvalue weighted by atomic mass is 32.2. The van der Waals surface area contributed by atoms with Crippen molar-refractivity contribution in [3.05, 3.63) is 30.2 Å². The zero-order valence-electron chi connectivity index (χ0n) is 15.1. The number of imidazole rings is 1. The molecule has 0 radical (unpaired) electrons. The van der Waals surface area contributed by atoms with Crippen LogP contribution in [0, 0.1) is 0 Å². The van der Waals surface area contributed by atoms with Crippen molar-refractivity contribution in [2.45, 2.75) is 24.8 Å². The van der Waals surface area contributed by atoms with Gasteiger partial charge in [-0.15, -0.1) is 0 Å². The van der Waals surface area contributed by atoms with Crippen LogP contribution in [-0.2, 0) is 27.3 Å². The van der Waals surface area contributed by atoms with Crippen LogP contribution in [0.2, 0.25) is 0 Å². The predicted octanol–water partition coefficient (Wildman–Crippen LogP) is 1.48. The maximum atomic E-state index is 12.6. The predicted molar refractivity (Wildman–Crippen MR) is 100 cm³/mol. The lowest BCUT2D eigenvalue weighted by Gasteiger charge is -2.13. The van der Waals surface area contributed by atoms with Crippen molar-refractivity contribution in [1.29, 1.82) is 0 Å². The number of benzene rings is 1. The molecular formula is C15H21N5O4S2. The summed E-state index contributed by atoms with van der Waals surface area (Å²) in [7, 11) is -2.89. The molecule has 0 aliphatic carbocycles. The van der Waals surface area contributed by atoms with Gasteiger partial charge in [-0.3, -0.25) is 13.3 Å². The number of anilines is 3. The number of rotatable bonds is 4. The van der Waals surface area contributed by atoms with Crippen LogP contribution in [0.25, 0.3) is 0 Å². The monoisotopic (exact) mass is 399 g/mol. The van der Waals surface area contributed by atoms with Gasteiger partial charge >= 0.3 is 10.2 Å². The molecule has 1 N–H and O–H groups in total. The molecule has 9 nitrogen and oxygen atoms in total. The summed E-state index contributed by atoms with van der Waals surface area (Å²) in [6, 6.07) is 4.57. The van der Waals surface area contributed by atoms with Crippen LogP contribution in [0.5, 0.6) is 0 Å². The summed E-state index contributed by atoms with van der Waals surface area (Å²) in [5.41, 5.74) is 1.14. The molecule has 0 bridgehead atoms. The first-order valence-electron chi connectivity index (χ1n) is 7.88. The number of sulfonamides is 1. The third-order valence-corrected chi connectivity index (χ3v) is 7.31. The molecule has 1 aliphatic heterocycles. The average molecular weight is 399 g/mol. The second kappa shape index (κ2) is 5.88. The number of nitrogens with one attached hydrogen (secondary N) is 1. The van der Waals surface area contributed by atoms with E-state index in [2.05, 4.69) is 9.71 Å². The lowest BCUT2D eigenvalue weighted by molar-refractivity contribution is 0.594. The van der Waals surface area contributed by atoms with Crippen molar-refractivity contribution < 1.29 is 16.8 Å². The van der Waals surface area contributed by atoms with E-state index in [-0.39, 0.29) is 16.6 Å². The van der Waals surface area contributed by atoms with Crippen LogP contribution in [0.1, 0.15) is 25.6 Å². The van der Waals surface area contributed by atoms with Crippen molar-refractivity contribution in [3.8, 4) is 0 Å². The van der Waals surface area contributed by atoms with E-state index in [0.717, 1.165) is 8.61 Å². The molecular weight excluding hydrogens is 378 g/mol. The first-order valence-corrected chi connectivity index (χ1v) is 10.8. The van der Waals surface area contributed by atoms with Gasteiger partial charge in [0.25, 0.3) is 10.0 Å². The van der Waals surface area contributed by atoms with Gasteiger partial charge < -0.3 is 4.57 Å². The zero-order valence-corrected chi connectivity index (χ0v) is 16.8. The normalized spacial score (nSPS) is 16.2. The highest BCUT2D eigenvalue weighted by Crippen LogP contribution is 2.40. The largest absolute Gasteiger partial charge is 0.336 e. The molecule has 0 unspecified atom stereocenters. The Morgan fingerprint density at radius 2 is 1.69 bits per heavy atom. The molecule has 0 saturated heterocycles. The van der Waals surface area contributed by atoms with Crippen LogP contribution < -0.4 is 13.3 Å². The van der Waals surface area contributed by atoms with Gasteiger partial charge in [-0.2, -0.15) is 16.8 Å². The summed E-state index contributed by atoms with van der Waals surface area (Å²) >= 11 is 0. The Hall–Kier alpha value is -2.27. The summed E-state index contributed by atoms with van der Waals surface area (Å²) in [6.07, 6.45) is 1.45. The summed E-state index contributed by atoms with van der Waals surface area (Å²) < 4.78 is 56.0. The van der Waals surface area contributed by atoms with Crippen LogP contribution in [-0.4, -0.2) is 40.5 Å². The molecule has 0 saturated carbocycles. The molecule has 0 atom stereocenters. The van der Waals surface area contributed by atoms with E-state index >= 15 is 0 Å². The second-order valence-corrected chi connectivity index (χ2v) is 10.1. The molecule has 0 fully saturated rings. The van der Waals surface area contributed by atoms with Gasteiger partial charge in [-0.1, -0.05) is 13.8 Å². The Morgan fingerprint density at radius 3 is 2.27 bits per heavy atom. The number of hydrogen-bond acceptors (Lipinski definition) is 5. The number of aryl methyl sites for hydroxylation is 1. The van der Waals surface area contributed by atoms with Gasteiger partial charge in [0, 0.05) is 33.3 Å². The Kier molecular flexibility index (Phi) is 4.19. The first-order chi connectivity index (χ1) is 11.9. The molecule has 1 aliphatic rings. The van der Waals surface area contributed by atoms with Crippen molar-refractivity contribution in [2.75, 3.05) is 27.4 Å². The van der Waals surface area contributed by atoms with Gasteiger partial charge in [-0.05, 0) is 18.2 Å². The maximum Gasteiger partial charge on any atom is 0.326 e. The third kappa shape index (κ3) is 2.80. The lowest BCUT2D eigenvalue weighted by Crippen LogP contribution is -2.32. The summed E-state index contributed by atoms with van der Waals surface area (Å²) in [5.74, 6) is 0.741. The highest BCUT2D eigenvalue weighted by molar-refractivity contribution is 7.94. The number of hydrogen-bond donors (Lipinski definition) is 1. The van der Waals surface area contributed by atoms with Gasteiger partial charge in [0.05, 0.1) is 17.1 Å². The van der Waals surface area contributed by atoms with E-state index in [1.54, 1.807) is 17.7 Å². The van der Waals surface area contributed by atoms with Crippen molar-refractivity contribution >= 4 is 37.3 Å². The highest BCUT2D eigenvalue weighted by Gasteiger charge is 2.35. The van der Waals surface area contributed by atoms with Gasteiger partial charge in [0.15, 0.2) is 5.03 Å². The lowest BCUT2D eigenvalue weighted by atomic mass is 10.2. The minimum Gasteiger partial charge on any atom is -0.336 e. The summed E-state index contributed by atoms with van der Waals surface area (Å²) in [6.45, 7) is 3.86. The minimum absolute atomic E-state index is 0.0812. The van der Waals surface area contributed by atoms with E-state index < -0.39 is 20.2 Å². The fraction of sp³-hybridized carbons (Fsp3) is 0.400. The van der Waals surface area contributed by atoms with Crippen LogP contribution >= 0.6 is 0 Å². The Balaban J connectivity index is 1.96. The number of nitrogens with zero attached hydrogens (tertiary/aromatic N) is 4. The first kappa shape index (κ1) is 18.5. The van der Waals surface area contributed by atoms with E-state index in [9.17, 15) is 16.8 Å². The minimum atomic E-state index is -3.89. The Labute approximate surface area is 153 Å². The van der Waals surface area contributed by atoms with Gasteiger partial charge in [-0.25, -0.2) is 4.98 Å². The molecule has 1 aromatic carbocycles. The molecule has 2 aromatic rings. The Bertz CT molecular complexity index is 1070. The van der Waals surface area contributed by atoms with Crippen molar-refractivity contribution in [1.82, 2.24) is 9.55 Å². The van der Waals surface area contributed by atoms with Crippen molar-refractivity contribution in [3.63, 3.8) is 0 Å². The van der Waals surface area contributed by atoms with Gasteiger partial charge in [0.1, 0.15) is 5.82 Å². The smallest absolute Gasteiger partial charge is 0.326 e. The standard InChI is InChI=1S/C15H21N5O4S2/c1-10(2)15-16-14(9-18(15)3)25(21,22)17-11-6-7-12-13(8-11)20(5)26(23,24)19(12)4/h6-10,17H,1-5H3. The fourth-order valence-corrected chi connectivity index (χ4v) is 5.08. The fourth-order valence-electron chi connectivity index (χ4n) is 2.86. The molecule has 0 spiro atoms. The Morgan fingerprint density at radius 1 is 1.08 bits per heavy atom. The SMILES string of the molecule is CC(C)c1nc(S(=O)(=O)Nc2ccc3c(c2)N(C)S(=O)(=O)N3C)cn1C. The van der Waals surface area contributed by atoms with E-state index in [0.29, 0.717) is 17.2 Å². The number of fused-ring (bicyclic) bond motifs is 1. The maximum absolute atomic E-state index is 12.6. The summed E-state index contributed by atoms with van der Waals surface area (Å²) in [4.78, 5) is 4.20. The molecule has 1 aromatic heterocycles. The van der Waals surface area contributed by atoms with E-state index in [1.165, 1.54) is 32.4 Å². The molecule has 3 rings (SSSR count). The molecule has 26 heavy (non-hydrogen) atoms. The summed E-state index contributed by atoms with van der Waals surface area (Å²) in [5, 5.41) is -0.0812. The molecule has 0 amide bonds. The third-order valence-electron chi connectivity index (χ3n) is 4.28. The van der Waals surface area contributed by atoms with Crippen LogP contribution in [0.15, 0.2) is 29.4 Å². The molecule has 142 valence electrons. The number of aromatic nitrogens is 2. The van der Waals surface area contributed by atoms with Crippen molar-refractivity contribution in [2.24, 2.45) is 7.05 Å². The molecule has 11 heteroatoms.